The van der Waals surface area contributed by atoms with Gasteiger partial charge in [-0.25, -0.2) is 0 Å². The third-order valence-electron chi connectivity index (χ3n) is 8.87. The van der Waals surface area contributed by atoms with E-state index in [0.717, 1.165) is 12.8 Å². The monoisotopic (exact) mass is 549 g/mol. The van der Waals surface area contributed by atoms with E-state index in [1.807, 2.05) is 0 Å². The molecule has 0 amide bonds. The van der Waals surface area contributed by atoms with Gasteiger partial charge in [0.05, 0.1) is 12.3 Å². The summed E-state index contributed by atoms with van der Waals surface area (Å²) in [5.74, 6) is -0.790. The average molecular weight is 549 g/mol. The molecule has 3 heteroatoms. The molecule has 0 radical (unpaired) electrons. The number of ether oxygens (including phenoxy) is 1. The normalized spacial score (nSPS) is 15.4. The summed E-state index contributed by atoms with van der Waals surface area (Å²) < 4.78 is 4.61. The Morgan fingerprint density at radius 1 is 0.436 bits per heavy atom. The number of hydrogen-bond acceptors (Lipinski definition) is 3. The van der Waals surface area contributed by atoms with Crippen LogP contribution in [0.1, 0.15) is 212 Å². The van der Waals surface area contributed by atoms with Gasteiger partial charge in [-0.05, 0) is 6.42 Å². The molecular formula is C36H68O3. The number of rotatable bonds is 31. The van der Waals surface area contributed by atoms with Crippen molar-refractivity contribution in [2.75, 3.05) is 0 Å². The summed E-state index contributed by atoms with van der Waals surface area (Å²) in [6, 6.07) is 0. The highest BCUT2D eigenvalue weighted by molar-refractivity contribution is 5.94. The van der Waals surface area contributed by atoms with Crippen LogP contribution in [-0.2, 0) is 14.3 Å². The Balaban J connectivity index is 1.63. The summed E-state index contributed by atoms with van der Waals surface area (Å²) in [7, 11) is 0. The van der Waals surface area contributed by atoms with Gasteiger partial charge in [0.15, 0.2) is 0 Å². The van der Waals surface area contributed by atoms with Gasteiger partial charge < -0.3 is 4.74 Å². The molecule has 0 aromatic heterocycles. The first kappa shape index (κ1) is 36.2. The molecule has 0 N–H and O–H groups in total. The summed E-state index contributed by atoms with van der Waals surface area (Å²) in [5.41, 5.74) is 0. The van der Waals surface area contributed by atoms with E-state index in [0.29, 0.717) is 6.42 Å². The topological polar surface area (TPSA) is 43.4 Å². The smallest absolute Gasteiger partial charge is 0.317 e. The Hall–Kier alpha value is -0.860. The minimum Gasteiger partial charge on any atom is -0.393 e. The Morgan fingerprint density at radius 3 is 0.923 bits per heavy atom. The predicted molar refractivity (Wildman–Crippen MR) is 168 cm³/mol. The molecule has 1 aliphatic heterocycles. The average Bonchev–Trinajstić information content (AvgIpc) is 3.26. The molecule has 1 rings (SSSR count). The highest BCUT2D eigenvalue weighted by Gasteiger charge is 2.32. The van der Waals surface area contributed by atoms with E-state index in [2.05, 4.69) is 11.7 Å². The first-order valence-electron chi connectivity index (χ1n) is 18.0. The standard InChI is InChI=1S/C36H68O3/c1-2-3-4-5-6-7-8-9-10-11-12-13-14-15-16-17-18-19-20-21-22-23-24-25-26-27-28-29-30-31-32-34-33-35(37)39-36(34)38/h34H,2-33H2,1H3. The second kappa shape index (κ2) is 28.7. The van der Waals surface area contributed by atoms with Crippen LogP contribution >= 0.6 is 0 Å². The zero-order chi connectivity index (χ0) is 28.1. The Labute approximate surface area is 244 Å². The third kappa shape index (κ3) is 24.6. The number of cyclic esters (lactones) is 2. The predicted octanol–water partition coefficient (Wildman–Crippen LogP) is 12.2. The van der Waals surface area contributed by atoms with E-state index in [1.165, 1.54) is 186 Å². The van der Waals surface area contributed by atoms with E-state index in [1.54, 1.807) is 0 Å². The molecule has 1 unspecified atom stereocenters. The lowest BCUT2D eigenvalue weighted by atomic mass is 9.98. The maximum Gasteiger partial charge on any atom is 0.317 e. The van der Waals surface area contributed by atoms with Gasteiger partial charge in [-0.2, -0.15) is 0 Å². The number of esters is 2. The maximum atomic E-state index is 11.4. The summed E-state index contributed by atoms with van der Waals surface area (Å²) in [6.45, 7) is 2.30. The van der Waals surface area contributed by atoms with E-state index >= 15 is 0 Å². The van der Waals surface area contributed by atoms with Crippen LogP contribution in [0.5, 0.6) is 0 Å². The van der Waals surface area contributed by atoms with E-state index in [-0.39, 0.29) is 17.9 Å². The van der Waals surface area contributed by atoms with Gasteiger partial charge in [0.25, 0.3) is 0 Å². The SMILES string of the molecule is CCCCCCCCCCCCCCCCCCCCCCCCCCCCCCCCC1CC(=O)OC1=O. The van der Waals surface area contributed by atoms with Gasteiger partial charge in [-0.3, -0.25) is 9.59 Å². The van der Waals surface area contributed by atoms with Crippen molar-refractivity contribution in [3.63, 3.8) is 0 Å². The molecule has 1 heterocycles. The Kier molecular flexibility index (Phi) is 26.6. The molecule has 0 saturated carbocycles. The molecular weight excluding hydrogens is 480 g/mol. The second-order valence-corrected chi connectivity index (χ2v) is 12.7. The molecule has 0 aromatic rings. The minimum absolute atomic E-state index is 0.156. The highest BCUT2D eigenvalue weighted by atomic mass is 16.6. The van der Waals surface area contributed by atoms with Crippen molar-refractivity contribution in [3.05, 3.63) is 0 Å². The first-order valence-corrected chi connectivity index (χ1v) is 18.0. The zero-order valence-electron chi connectivity index (χ0n) is 26.4. The molecule has 0 aliphatic carbocycles. The van der Waals surface area contributed by atoms with Crippen molar-refractivity contribution < 1.29 is 14.3 Å². The van der Waals surface area contributed by atoms with Crippen molar-refractivity contribution in [3.8, 4) is 0 Å². The van der Waals surface area contributed by atoms with Crippen LogP contribution in [-0.4, -0.2) is 11.9 Å². The van der Waals surface area contributed by atoms with E-state index in [4.69, 9.17) is 0 Å². The highest BCUT2D eigenvalue weighted by Crippen LogP contribution is 2.23. The van der Waals surface area contributed by atoms with Gasteiger partial charge in [0.1, 0.15) is 0 Å². The lowest BCUT2D eigenvalue weighted by Crippen LogP contribution is -2.06. The fraction of sp³-hybridized carbons (Fsp3) is 0.944. The summed E-state index contributed by atoms with van der Waals surface area (Å²) in [6.07, 6.45) is 43.5. The van der Waals surface area contributed by atoms with Crippen molar-refractivity contribution in [2.24, 2.45) is 5.92 Å². The van der Waals surface area contributed by atoms with Crippen molar-refractivity contribution in [1.29, 1.82) is 0 Å². The minimum atomic E-state index is -0.337. The molecule has 1 atom stereocenters. The Morgan fingerprint density at radius 2 is 0.692 bits per heavy atom. The number of unbranched alkanes of at least 4 members (excludes halogenated alkanes) is 29. The largest absolute Gasteiger partial charge is 0.393 e. The van der Waals surface area contributed by atoms with E-state index < -0.39 is 0 Å². The van der Waals surface area contributed by atoms with Crippen molar-refractivity contribution in [1.82, 2.24) is 0 Å². The molecule has 3 nitrogen and oxygen atoms in total. The van der Waals surface area contributed by atoms with Gasteiger partial charge in [-0.15, -0.1) is 0 Å². The van der Waals surface area contributed by atoms with Crippen LogP contribution < -0.4 is 0 Å². The third-order valence-corrected chi connectivity index (χ3v) is 8.87. The second-order valence-electron chi connectivity index (χ2n) is 12.7. The number of hydrogen-bond donors (Lipinski definition) is 0. The van der Waals surface area contributed by atoms with Gasteiger partial charge in [-0.1, -0.05) is 200 Å². The molecule has 0 bridgehead atoms. The zero-order valence-corrected chi connectivity index (χ0v) is 26.4. The maximum absolute atomic E-state index is 11.4. The molecule has 0 aromatic carbocycles. The first-order chi connectivity index (χ1) is 19.2. The fourth-order valence-corrected chi connectivity index (χ4v) is 6.16. The van der Waals surface area contributed by atoms with Gasteiger partial charge in [0.2, 0.25) is 0 Å². The lowest BCUT2D eigenvalue weighted by Gasteiger charge is -2.05. The van der Waals surface area contributed by atoms with Crippen LogP contribution in [0.2, 0.25) is 0 Å². The summed E-state index contributed by atoms with van der Waals surface area (Å²) >= 11 is 0. The molecule has 230 valence electrons. The Bertz CT molecular complexity index is 543. The summed E-state index contributed by atoms with van der Waals surface area (Å²) in [5, 5.41) is 0. The van der Waals surface area contributed by atoms with Crippen LogP contribution in [0.3, 0.4) is 0 Å². The summed E-state index contributed by atoms with van der Waals surface area (Å²) in [4.78, 5) is 22.5. The van der Waals surface area contributed by atoms with Crippen molar-refractivity contribution in [2.45, 2.75) is 212 Å². The fourth-order valence-electron chi connectivity index (χ4n) is 6.16. The lowest BCUT2D eigenvalue weighted by molar-refractivity contribution is -0.153. The van der Waals surface area contributed by atoms with Gasteiger partial charge in [0, 0.05) is 0 Å². The van der Waals surface area contributed by atoms with Gasteiger partial charge >= 0.3 is 11.9 Å². The quantitative estimate of drug-likeness (QED) is 0.0491. The van der Waals surface area contributed by atoms with Crippen LogP contribution in [0, 0.1) is 5.92 Å². The molecule has 1 saturated heterocycles. The number of carbonyl (C=O) groups is 2. The van der Waals surface area contributed by atoms with Crippen LogP contribution in [0.25, 0.3) is 0 Å². The van der Waals surface area contributed by atoms with E-state index in [9.17, 15) is 9.59 Å². The molecule has 0 spiro atoms. The molecule has 1 fully saturated rings. The molecule has 1 aliphatic rings. The van der Waals surface area contributed by atoms with Crippen LogP contribution in [0.15, 0.2) is 0 Å². The molecule has 39 heavy (non-hydrogen) atoms. The number of carbonyl (C=O) groups excluding carboxylic acids is 2. The van der Waals surface area contributed by atoms with Crippen molar-refractivity contribution >= 4 is 11.9 Å². The van der Waals surface area contributed by atoms with Crippen LogP contribution in [0.4, 0.5) is 0 Å².